The Morgan fingerprint density at radius 1 is 0.912 bits per heavy atom. The maximum absolute atomic E-state index is 14.8. The van der Waals surface area contributed by atoms with Crippen LogP contribution in [0.25, 0.3) is 0 Å². The average molecular weight is 469 g/mol. The molecule has 192 valence electrons. The van der Waals surface area contributed by atoms with E-state index in [0.29, 0.717) is 12.3 Å². The molecule has 1 heteroatoms. The Kier molecular flexibility index (Phi) is 19.2. The van der Waals surface area contributed by atoms with Gasteiger partial charge in [0.05, 0.1) is 0 Å². The highest BCUT2D eigenvalue weighted by Crippen LogP contribution is 2.39. The Labute approximate surface area is 212 Å². The number of benzene rings is 2. The van der Waals surface area contributed by atoms with Gasteiger partial charge in [0.25, 0.3) is 0 Å². The topological polar surface area (TPSA) is 0 Å². The Bertz CT molecular complexity index is 844. The normalized spacial score (nSPS) is 11.4. The van der Waals surface area contributed by atoms with Gasteiger partial charge in [-0.3, -0.25) is 0 Å². The summed E-state index contributed by atoms with van der Waals surface area (Å²) in [5.74, 6) is 0.380. The van der Waals surface area contributed by atoms with Crippen molar-refractivity contribution in [1.29, 1.82) is 0 Å². The number of hydrogen-bond acceptors (Lipinski definition) is 0. The van der Waals surface area contributed by atoms with Crippen LogP contribution in [0, 0.1) is 25.6 Å². The molecular formula is C33H53F. The first kappa shape index (κ1) is 34.0. The van der Waals surface area contributed by atoms with Crippen molar-refractivity contribution in [3.63, 3.8) is 0 Å². The summed E-state index contributed by atoms with van der Waals surface area (Å²) in [6.45, 7) is 31.0. The summed E-state index contributed by atoms with van der Waals surface area (Å²) in [6, 6.07) is 12.8. The molecule has 0 aromatic heterocycles. The lowest BCUT2D eigenvalue weighted by molar-refractivity contribution is 0.494. The monoisotopic (exact) mass is 468 g/mol. The van der Waals surface area contributed by atoms with Crippen LogP contribution in [0.2, 0.25) is 0 Å². The second-order valence-electron chi connectivity index (χ2n) is 8.13. The molecule has 0 saturated heterocycles. The van der Waals surface area contributed by atoms with Gasteiger partial charge in [0.1, 0.15) is 5.82 Å². The number of halogens is 1. The largest absolute Gasteiger partial charge is 0.206 e. The van der Waals surface area contributed by atoms with Crippen LogP contribution in [0.5, 0.6) is 0 Å². The molecule has 34 heavy (non-hydrogen) atoms. The van der Waals surface area contributed by atoms with Gasteiger partial charge in [0.2, 0.25) is 0 Å². The summed E-state index contributed by atoms with van der Waals surface area (Å²) >= 11 is 0. The predicted molar refractivity (Wildman–Crippen MR) is 155 cm³/mol. The van der Waals surface area contributed by atoms with E-state index >= 15 is 0 Å². The number of rotatable bonds is 9. The summed E-state index contributed by atoms with van der Waals surface area (Å²) in [7, 11) is 0. The lowest BCUT2D eigenvalue weighted by Crippen LogP contribution is -2.18. The highest BCUT2D eigenvalue weighted by atomic mass is 19.1. The zero-order valence-electron chi connectivity index (χ0n) is 24.2. The molecule has 1 unspecified atom stereocenters. The molecule has 0 bridgehead atoms. The van der Waals surface area contributed by atoms with Crippen molar-refractivity contribution < 1.29 is 4.39 Å². The summed E-state index contributed by atoms with van der Waals surface area (Å²) in [5, 5.41) is 0. The van der Waals surface area contributed by atoms with E-state index in [2.05, 4.69) is 58.2 Å². The summed E-state index contributed by atoms with van der Waals surface area (Å²) in [4.78, 5) is 0. The fourth-order valence-corrected chi connectivity index (χ4v) is 4.19. The molecule has 0 spiro atoms. The first-order valence-electron chi connectivity index (χ1n) is 13.5. The maximum Gasteiger partial charge on any atom is 0.129 e. The molecule has 0 aliphatic heterocycles. The molecule has 0 aliphatic carbocycles. The van der Waals surface area contributed by atoms with Gasteiger partial charge in [0.15, 0.2) is 0 Å². The first-order valence-corrected chi connectivity index (χ1v) is 13.5. The lowest BCUT2D eigenvalue weighted by Gasteiger charge is -2.30. The summed E-state index contributed by atoms with van der Waals surface area (Å²) in [5.41, 5.74) is 7.31. The van der Waals surface area contributed by atoms with E-state index in [0.717, 1.165) is 47.1 Å². The highest BCUT2D eigenvalue weighted by molar-refractivity contribution is 5.37. The Morgan fingerprint density at radius 3 is 2.00 bits per heavy atom. The van der Waals surface area contributed by atoms with Crippen LogP contribution in [-0.2, 0) is 12.8 Å². The molecule has 0 heterocycles. The molecule has 0 nitrogen and oxygen atoms in total. The van der Waals surface area contributed by atoms with Crippen LogP contribution >= 0.6 is 0 Å². The standard InChI is InChI=1S/C27H35F.3C2H6/c1-8-11-25(23-13-10-12-22(9-2)17-23)26(18(3)4)20(6)16-24-15-14-19(5)21(7)27(24)28;3*1-2/h10,12-15,17,25-26H,3,6,8-9,11,16H2,1-2,4-5,7H3;3*1-2H3/t25-,26?;;;/m1.../s1. The van der Waals surface area contributed by atoms with Crippen molar-refractivity contribution in [1.82, 2.24) is 0 Å². The Morgan fingerprint density at radius 2 is 1.50 bits per heavy atom. The van der Waals surface area contributed by atoms with Crippen molar-refractivity contribution >= 4 is 0 Å². The minimum absolute atomic E-state index is 0.0957. The van der Waals surface area contributed by atoms with Crippen LogP contribution in [0.1, 0.15) is 109 Å². The Balaban J connectivity index is 0. The molecule has 2 rings (SSSR count). The van der Waals surface area contributed by atoms with Gasteiger partial charge < -0.3 is 0 Å². The van der Waals surface area contributed by atoms with E-state index in [1.165, 1.54) is 11.1 Å². The van der Waals surface area contributed by atoms with E-state index in [1.54, 1.807) is 0 Å². The zero-order chi connectivity index (χ0) is 26.8. The zero-order valence-corrected chi connectivity index (χ0v) is 24.2. The van der Waals surface area contributed by atoms with Crippen molar-refractivity contribution in [3.05, 3.63) is 94.3 Å². The number of allylic oxidation sites excluding steroid dienone is 2. The third-order valence-electron chi connectivity index (χ3n) is 5.91. The van der Waals surface area contributed by atoms with Crippen LogP contribution in [0.15, 0.2) is 60.7 Å². The average Bonchev–Trinajstić information content (AvgIpc) is 2.87. The van der Waals surface area contributed by atoms with E-state index in [4.69, 9.17) is 0 Å². The van der Waals surface area contributed by atoms with Crippen LogP contribution in [0.4, 0.5) is 4.39 Å². The van der Waals surface area contributed by atoms with Gasteiger partial charge >= 0.3 is 0 Å². The fraction of sp³-hybridized carbons (Fsp3) is 0.515. The molecule has 0 fully saturated rings. The molecule has 2 atom stereocenters. The molecule has 0 radical (unpaired) electrons. The molecule has 2 aromatic rings. The smallest absolute Gasteiger partial charge is 0.129 e. The SMILES string of the molecule is C=C(C)C(C(=C)Cc1ccc(C)c(C)c1F)[C@H](CCC)c1cccc(CC)c1.CC.CC.CC. The molecule has 0 amide bonds. The third-order valence-corrected chi connectivity index (χ3v) is 5.91. The van der Waals surface area contributed by atoms with Gasteiger partial charge in [-0.2, -0.15) is 0 Å². The minimum atomic E-state index is -0.0957. The van der Waals surface area contributed by atoms with Gasteiger partial charge in [-0.15, -0.1) is 0 Å². The van der Waals surface area contributed by atoms with Gasteiger partial charge in [-0.05, 0) is 73.8 Å². The van der Waals surface area contributed by atoms with Crippen LogP contribution < -0.4 is 0 Å². The molecule has 2 aromatic carbocycles. The van der Waals surface area contributed by atoms with E-state index in [1.807, 2.05) is 67.5 Å². The van der Waals surface area contributed by atoms with Gasteiger partial charge in [-0.25, -0.2) is 4.39 Å². The molecule has 0 N–H and O–H groups in total. The van der Waals surface area contributed by atoms with Crippen LogP contribution in [-0.4, -0.2) is 0 Å². The second-order valence-corrected chi connectivity index (χ2v) is 8.13. The van der Waals surface area contributed by atoms with Crippen molar-refractivity contribution in [2.45, 2.75) is 108 Å². The lowest BCUT2D eigenvalue weighted by atomic mass is 9.74. The maximum atomic E-state index is 14.8. The van der Waals surface area contributed by atoms with Crippen molar-refractivity contribution in [2.75, 3.05) is 0 Å². The highest BCUT2D eigenvalue weighted by Gasteiger charge is 2.26. The second kappa shape index (κ2) is 19.2. The first-order chi connectivity index (χ1) is 16.3. The molecule has 0 aliphatic rings. The number of hydrogen-bond donors (Lipinski definition) is 0. The van der Waals surface area contributed by atoms with E-state index in [9.17, 15) is 4.39 Å². The fourth-order valence-electron chi connectivity index (χ4n) is 4.19. The number of aryl methyl sites for hydroxylation is 2. The van der Waals surface area contributed by atoms with E-state index in [-0.39, 0.29) is 11.7 Å². The quantitative estimate of drug-likeness (QED) is 0.321. The van der Waals surface area contributed by atoms with Crippen molar-refractivity contribution in [3.8, 4) is 0 Å². The summed E-state index contributed by atoms with van der Waals surface area (Å²) < 4.78 is 14.8. The predicted octanol–water partition coefficient (Wildman–Crippen LogP) is 11.0. The molecule has 0 saturated carbocycles. The third kappa shape index (κ3) is 10.00. The van der Waals surface area contributed by atoms with Crippen molar-refractivity contribution in [2.24, 2.45) is 5.92 Å². The van der Waals surface area contributed by atoms with Gasteiger partial charge in [-0.1, -0.05) is 123 Å². The molecular weight excluding hydrogens is 415 g/mol. The van der Waals surface area contributed by atoms with Crippen LogP contribution in [0.3, 0.4) is 0 Å². The summed E-state index contributed by atoms with van der Waals surface area (Å²) in [6.07, 6.45) is 3.74. The van der Waals surface area contributed by atoms with Gasteiger partial charge in [0, 0.05) is 5.92 Å². The van der Waals surface area contributed by atoms with E-state index < -0.39 is 0 Å². The minimum Gasteiger partial charge on any atom is -0.206 e. The Hall–Kier alpha value is -2.15.